The molecule has 1 N–H and O–H groups in total. The van der Waals surface area contributed by atoms with E-state index in [1.165, 1.54) is 0 Å². The van der Waals surface area contributed by atoms with Crippen LogP contribution >= 0.6 is 0 Å². The van der Waals surface area contributed by atoms with E-state index in [4.69, 9.17) is 0 Å². The van der Waals surface area contributed by atoms with Crippen molar-refractivity contribution in [3.05, 3.63) is 30.0 Å². The number of rotatable bonds is 6. The van der Waals surface area contributed by atoms with E-state index >= 15 is 0 Å². The van der Waals surface area contributed by atoms with Gasteiger partial charge in [0, 0.05) is 31.4 Å². The Morgan fingerprint density at radius 3 is 2.84 bits per heavy atom. The molecule has 0 aliphatic carbocycles. The molecule has 0 unspecified atom stereocenters. The van der Waals surface area contributed by atoms with Gasteiger partial charge in [0.05, 0.1) is 17.6 Å². The fourth-order valence-corrected chi connectivity index (χ4v) is 2.19. The van der Waals surface area contributed by atoms with Gasteiger partial charge in [-0.25, -0.2) is 0 Å². The van der Waals surface area contributed by atoms with Crippen LogP contribution in [0.3, 0.4) is 0 Å². The van der Waals surface area contributed by atoms with Gasteiger partial charge < -0.3 is 5.32 Å². The first-order chi connectivity index (χ1) is 9.08. The normalized spacial score (nSPS) is 11.4. The molecule has 1 heterocycles. The summed E-state index contributed by atoms with van der Waals surface area (Å²) >= 11 is 0. The van der Waals surface area contributed by atoms with Crippen molar-refractivity contribution < 1.29 is 4.79 Å². The Hall–Kier alpha value is -1.68. The zero-order valence-corrected chi connectivity index (χ0v) is 11.8. The van der Waals surface area contributed by atoms with Crippen molar-refractivity contribution in [2.75, 3.05) is 6.54 Å². The number of carbonyl (C=O) groups is 1. The summed E-state index contributed by atoms with van der Waals surface area (Å²) in [5, 5.41) is 8.79. The zero-order valence-electron chi connectivity index (χ0n) is 11.8. The third kappa shape index (κ3) is 3.41. The smallest absolute Gasteiger partial charge is 0.140 e. The maximum atomic E-state index is 12.0. The molecule has 2 aromatic rings. The molecule has 4 nitrogen and oxygen atoms in total. The van der Waals surface area contributed by atoms with Crippen molar-refractivity contribution >= 4 is 16.7 Å². The Labute approximate surface area is 113 Å². The monoisotopic (exact) mass is 259 g/mol. The fraction of sp³-hybridized carbons (Fsp3) is 0.467. The van der Waals surface area contributed by atoms with Crippen LogP contribution in [0.25, 0.3) is 10.9 Å². The third-order valence-corrected chi connectivity index (χ3v) is 3.16. The van der Waals surface area contributed by atoms with Gasteiger partial charge in [0.15, 0.2) is 0 Å². The fourth-order valence-electron chi connectivity index (χ4n) is 2.19. The van der Waals surface area contributed by atoms with Gasteiger partial charge >= 0.3 is 0 Å². The lowest BCUT2D eigenvalue weighted by Crippen LogP contribution is -2.25. The van der Waals surface area contributed by atoms with Crippen LogP contribution in [0.4, 0.5) is 0 Å². The minimum Gasteiger partial charge on any atom is -0.314 e. The van der Waals surface area contributed by atoms with Crippen LogP contribution in [0.1, 0.15) is 26.0 Å². The molecule has 0 atom stereocenters. The van der Waals surface area contributed by atoms with Gasteiger partial charge in [-0.3, -0.25) is 9.48 Å². The molecule has 0 fully saturated rings. The summed E-state index contributed by atoms with van der Waals surface area (Å²) in [5.74, 6) is 0.233. The molecule has 0 saturated carbocycles. The largest absolute Gasteiger partial charge is 0.314 e. The summed E-state index contributed by atoms with van der Waals surface area (Å²) in [6, 6.07) is 8.44. The Morgan fingerprint density at radius 1 is 1.37 bits per heavy atom. The van der Waals surface area contributed by atoms with Gasteiger partial charge in [0.2, 0.25) is 0 Å². The number of carbonyl (C=O) groups excluding carboxylic acids is 1. The summed E-state index contributed by atoms with van der Waals surface area (Å²) in [4.78, 5) is 12.0. The molecule has 102 valence electrons. The molecule has 0 radical (unpaired) electrons. The Balaban J connectivity index is 2.03. The predicted octanol–water partition coefficient (Wildman–Crippen LogP) is 2.07. The first-order valence-corrected chi connectivity index (χ1v) is 6.73. The van der Waals surface area contributed by atoms with E-state index in [9.17, 15) is 4.79 Å². The number of fused-ring (bicyclic) bond motifs is 1. The second-order valence-electron chi connectivity index (χ2n) is 5.16. The summed E-state index contributed by atoms with van der Waals surface area (Å²) < 4.78 is 1.84. The number of ketones is 1. The van der Waals surface area contributed by atoms with E-state index in [2.05, 4.69) is 24.3 Å². The van der Waals surface area contributed by atoms with Gasteiger partial charge in [-0.2, -0.15) is 5.10 Å². The molecule has 1 aromatic carbocycles. The van der Waals surface area contributed by atoms with E-state index in [0.717, 1.165) is 23.1 Å². The van der Waals surface area contributed by atoms with Crippen LogP contribution in [-0.4, -0.2) is 28.2 Å². The number of hydrogen-bond acceptors (Lipinski definition) is 3. The van der Waals surface area contributed by atoms with Crippen molar-refractivity contribution in [3.63, 3.8) is 0 Å². The summed E-state index contributed by atoms with van der Waals surface area (Å²) in [6.45, 7) is 4.90. The highest BCUT2D eigenvalue weighted by atomic mass is 16.1. The Morgan fingerprint density at radius 2 is 2.11 bits per heavy atom. The Bertz CT molecular complexity index is 572. The van der Waals surface area contributed by atoms with E-state index in [-0.39, 0.29) is 5.78 Å². The highest BCUT2D eigenvalue weighted by molar-refractivity contribution is 5.88. The van der Waals surface area contributed by atoms with Crippen molar-refractivity contribution in [2.24, 2.45) is 7.05 Å². The van der Waals surface area contributed by atoms with Crippen LogP contribution in [0.2, 0.25) is 0 Å². The molecule has 4 heteroatoms. The number of nitrogens with one attached hydrogen (secondary N) is 1. The van der Waals surface area contributed by atoms with E-state index in [1.807, 2.05) is 36.0 Å². The highest BCUT2D eigenvalue weighted by Crippen LogP contribution is 2.18. The first kappa shape index (κ1) is 13.7. The lowest BCUT2D eigenvalue weighted by atomic mass is 10.1. The molecular weight excluding hydrogens is 238 g/mol. The zero-order chi connectivity index (χ0) is 13.8. The molecule has 0 aliphatic rings. The third-order valence-electron chi connectivity index (χ3n) is 3.16. The van der Waals surface area contributed by atoms with E-state index < -0.39 is 0 Å². The molecule has 0 aliphatic heterocycles. The summed E-state index contributed by atoms with van der Waals surface area (Å²) in [7, 11) is 1.91. The van der Waals surface area contributed by atoms with Crippen molar-refractivity contribution in [1.29, 1.82) is 0 Å². The maximum Gasteiger partial charge on any atom is 0.140 e. The number of Topliss-reactive ketones (excluding diaryl/α,β-unsaturated/α-hetero) is 1. The maximum absolute atomic E-state index is 12.0. The number of aryl methyl sites for hydroxylation is 1. The van der Waals surface area contributed by atoms with Crippen LogP contribution in [0.15, 0.2) is 24.3 Å². The molecular formula is C15H21N3O. The number of nitrogens with zero attached hydrogens (tertiary/aromatic N) is 2. The standard InChI is InChI=1S/C15H21N3O/c1-11(2)16-9-8-12(19)10-14-13-6-4-5-7-15(13)18(3)17-14/h4-7,11,16H,8-10H2,1-3H3. The van der Waals surface area contributed by atoms with Gasteiger partial charge in [-0.1, -0.05) is 32.0 Å². The van der Waals surface area contributed by atoms with Gasteiger partial charge in [-0.05, 0) is 6.07 Å². The lowest BCUT2D eigenvalue weighted by Gasteiger charge is -2.06. The average molecular weight is 259 g/mol. The summed E-state index contributed by atoms with van der Waals surface area (Å²) in [5.41, 5.74) is 1.96. The van der Waals surface area contributed by atoms with E-state index in [1.54, 1.807) is 0 Å². The quantitative estimate of drug-likeness (QED) is 0.864. The number of benzene rings is 1. The molecule has 19 heavy (non-hydrogen) atoms. The molecule has 0 spiro atoms. The molecule has 0 saturated heterocycles. The first-order valence-electron chi connectivity index (χ1n) is 6.73. The minimum atomic E-state index is 0.233. The Kier molecular flexibility index (Phi) is 4.32. The van der Waals surface area contributed by atoms with Gasteiger partial charge in [0.25, 0.3) is 0 Å². The lowest BCUT2D eigenvalue weighted by molar-refractivity contribution is -0.118. The van der Waals surface area contributed by atoms with Crippen LogP contribution in [-0.2, 0) is 18.3 Å². The van der Waals surface area contributed by atoms with Crippen molar-refractivity contribution in [1.82, 2.24) is 15.1 Å². The number of aromatic nitrogens is 2. The topological polar surface area (TPSA) is 46.9 Å². The SMILES string of the molecule is CC(C)NCCC(=O)Cc1nn(C)c2ccccc12. The summed E-state index contributed by atoms with van der Waals surface area (Å²) in [6.07, 6.45) is 0.976. The van der Waals surface area contributed by atoms with Gasteiger partial charge in [-0.15, -0.1) is 0 Å². The molecule has 1 aromatic heterocycles. The predicted molar refractivity (Wildman–Crippen MR) is 77.2 cm³/mol. The molecule has 2 rings (SSSR count). The highest BCUT2D eigenvalue weighted by Gasteiger charge is 2.11. The minimum absolute atomic E-state index is 0.233. The van der Waals surface area contributed by atoms with Crippen LogP contribution < -0.4 is 5.32 Å². The number of hydrogen-bond donors (Lipinski definition) is 1. The second kappa shape index (κ2) is 5.97. The van der Waals surface area contributed by atoms with Gasteiger partial charge in [0.1, 0.15) is 5.78 Å². The average Bonchev–Trinajstić information content (AvgIpc) is 2.66. The second-order valence-corrected chi connectivity index (χ2v) is 5.16. The van der Waals surface area contributed by atoms with E-state index in [0.29, 0.717) is 18.9 Å². The molecule has 0 bridgehead atoms. The van der Waals surface area contributed by atoms with Crippen molar-refractivity contribution in [2.45, 2.75) is 32.7 Å². The van der Waals surface area contributed by atoms with Crippen LogP contribution in [0, 0.1) is 0 Å². The van der Waals surface area contributed by atoms with Crippen LogP contribution in [0.5, 0.6) is 0 Å². The van der Waals surface area contributed by atoms with Crippen molar-refractivity contribution in [3.8, 4) is 0 Å². The molecule has 0 amide bonds. The number of para-hydroxylation sites is 1.